The van der Waals surface area contributed by atoms with Crippen molar-refractivity contribution in [3.8, 4) is 0 Å². The Balaban J connectivity index is 2.32. The van der Waals surface area contributed by atoms with Gasteiger partial charge in [0.2, 0.25) is 0 Å². The van der Waals surface area contributed by atoms with Gasteiger partial charge in [-0.3, -0.25) is 9.48 Å². The second kappa shape index (κ2) is 5.20. The molecule has 1 aromatic carbocycles. The van der Waals surface area contributed by atoms with Gasteiger partial charge < -0.3 is 16.8 Å². The Labute approximate surface area is 115 Å². The molecule has 0 aliphatic carbocycles. The summed E-state index contributed by atoms with van der Waals surface area (Å²) in [6, 6.07) is 2.55. The minimum absolute atomic E-state index is 0.0124. The molecule has 0 aliphatic heterocycles. The molecule has 1 aromatic heterocycles. The molecule has 0 unspecified atom stereocenters. The first kappa shape index (κ1) is 13.9. The van der Waals surface area contributed by atoms with Crippen molar-refractivity contribution < 1.29 is 9.18 Å². The van der Waals surface area contributed by atoms with Crippen LogP contribution in [0.15, 0.2) is 24.5 Å². The summed E-state index contributed by atoms with van der Waals surface area (Å²) in [5.74, 6) is -1.27. The molecule has 0 atom stereocenters. The number of hydrogen-bond donors (Lipinski definition) is 3. The van der Waals surface area contributed by atoms with Crippen molar-refractivity contribution in [3.63, 3.8) is 0 Å². The van der Waals surface area contributed by atoms with Crippen LogP contribution in [-0.4, -0.2) is 15.7 Å². The number of carbonyl (C=O) groups excluding carboxylic acids is 1. The number of carbonyl (C=O) groups is 1. The predicted octanol–water partition coefficient (Wildman–Crippen LogP) is 2.03. The maximum atomic E-state index is 13.8. The largest absolute Gasteiger partial charge is 0.398 e. The number of nitrogens with two attached hydrogens (primary N) is 2. The van der Waals surface area contributed by atoms with E-state index in [9.17, 15) is 9.18 Å². The van der Waals surface area contributed by atoms with Gasteiger partial charge in [-0.05, 0) is 26.0 Å². The molecular weight excluding hydrogens is 261 g/mol. The molecule has 0 aliphatic rings. The SMILES string of the molecule is CC(C)n1cc(Nc2cc(C(N)=O)c(N)cc2F)cn1. The topological polar surface area (TPSA) is 99.0 Å². The fourth-order valence-corrected chi connectivity index (χ4v) is 1.74. The van der Waals surface area contributed by atoms with Gasteiger partial charge in [0, 0.05) is 17.9 Å². The number of hydrogen-bond acceptors (Lipinski definition) is 4. The number of rotatable bonds is 4. The summed E-state index contributed by atoms with van der Waals surface area (Å²) in [4.78, 5) is 11.2. The summed E-state index contributed by atoms with van der Waals surface area (Å²) >= 11 is 0. The average Bonchev–Trinajstić information content (AvgIpc) is 2.80. The lowest BCUT2D eigenvalue weighted by molar-refractivity contribution is 0.100. The first-order valence-electron chi connectivity index (χ1n) is 6.08. The molecule has 5 N–H and O–H groups in total. The second-order valence-electron chi connectivity index (χ2n) is 4.71. The van der Waals surface area contributed by atoms with Gasteiger partial charge in [-0.15, -0.1) is 0 Å². The molecule has 20 heavy (non-hydrogen) atoms. The van der Waals surface area contributed by atoms with Crippen LogP contribution in [0.2, 0.25) is 0 Å². The lowest BCUT2D eigenvalue weighted by Gasteiger charge is -2.09. The van der Waals surface area contributed by atoms with Crippen LogP contribution in [0.3, 0.4) is 0 Å². The minimum Gasteiger partial charge on any atom is -0.398 e. The summed E-state index contributed by atoms with van der Waals surface area (Å²) in [5.41, 5.74) is 11.5. The van der Waals surface area contributed by atoms with Gasteiger partial charge in [0.15, 0.2) is 0 Å². The monoisotopic (exact) mass is 277 g/mol. The van der Waals surface area contributed by atoms with Crippen molar-refractivity contribution in [1.82, 2.24) is 9.78 Å². The highest BCUT2D eigenvalue weighted by Crippen LogP contribution is 2.25. The highest BCUT2D eigenvalue weighted by atomic mass is 19.1. The number of nitrogens with zero attached hydrogens (tertiary/aromatic N) is 2. The van der Waals surface area contributed by atoms with Gasteiger partial charge >= 0.3 is 0 Å². The molecule has 2 aromatic rings. The first-order chi connectivity index (χ1) is 9.38. The molecule has 6 nitrogen and oxygen atoms in total. The predicted molar refractivity (Wildman–Crippen MR) is 75.2 cm³/mol. The number of primary amides is 1. The molecule has 0 saturated heterocycles. The van der Waals surface area contributed by atoms with Gasteiger partial charge in [0.1, 0.15) is 5.82 Å². The first-order valence-corrected chi connectivity index (χ1v) is 6.08. The third-order valence-corrected chi connectivity index (χ3v) is 2.81. The van der Waals surface area contributed by atoms with Gasteiger partial charge in [-0.2, -0.15) is 5.10 Å². The van der Waals surface area contributed by atoms with Crippen LogP contribution in [-0.2, 0) is 0 Å². The van der Waals surface area contributed by atoms with Crippen molar-refractivity contribution in [2.45, 2.75) is 19.9 Å². The van der Waals surface area contributed by atoms with Crippen molar-refractivity contribution in [2.75, 3.05) is 11.1 Å². The number of aromatic nitrogens is 2. The summed E-state index contributed by atoms with van der Waals surface area (Å²) in [5, 5.41) is 6.98. The van der Waals surface area contributed by atoms with E-state index in [4.69, 9.17) is 11.5 Å². The van der Waals surface area contributed by atoms with E-state index >= 15 is 0 Å². The Hall–Kier alpha value is -2.57. The van der Waals surface area contributed by atoms with E-state index < -0.39 is 11.7 Å². The fourth-order valence-electron chi connectivity index (χ4n) is 1.74. The third kappa shape index (κ3) is 2.71. The van der Waals surface area contributed by atoms with Crippen LogP contribution < -0.4 is 16.8 Å². The number of nitrogen functional groups attached to an aromatic ring is 1. The maximum absolute atomic E-state index is 13.8. The molecule has 1 heterocycles. The second-order valence-corrected chi connectivity index (χ2v) is 4.71. The highest BCUT2D eigenvalue weighted by molar-refractivity contribution is 5.99. The Kier molecular flexibility index (Phi) is 3.60. The quantitative estimate of drug-likeness (QED) is 0.744. The molecule has 2 rings (SSSR count). The Morgan fingerprint density at radius 1 is 1.45 bits per heavy atom. The van der Waals surface area contributed by atoms with Crippen LogP contribution >= 0.6 is 0 Å². The van der Waals surface area contributed by atoms with Gasteiger partial charge in [0.05, 0.1) is 23.1 Å². The lowest BCUT2D eigenvalue weighted by Crippen LogP contribution is -2.14. The summed E-state index contributed by atoms with van der Waals surface area (Å²) in [7, 11) is 0. The van der Waals surface area contributed by atoms with Gasteiger partial charge in [-0.25, -0.2) is 4.39 Å². The minimum atomic E-state index is -0.705. The molecule has 0 bridgehead atoms. The van der Waals surface area contributed by atoms with Crippen LogP contribution in [0.1, 0.15) is 30.2 Å². The van der Waals surface area contributed by atoms with Crippen molar-refractivity contribution in [2.24, 2.45) is 5.73 Å². The van der Waals surface area contributed by atoms with E-state index in [0.29, 0.717) is 5.69 Å². The molecule has 0 fully saturated rings. The van der Waals surface area contributed by atoms with Crippen LogP contribution in [0, 0.1) is 5.82 Å². The summed E-state index contributed by atoms with van der Waals surface area (Å²) in [6.07, 6.45) is 3.31. The van der Waals surface area contributed by atoms with Crippen LogP contribution in [0.25, 0.3) is 0 Å². The maximum Gasteiger partial charge on any atom is 0.250 e. The smallest absolute Gasteiger partial charge is 0.250 e. The Bertz CT molecular complexity index is 650. The summed E-state index contributed by atoms with van der Waals surface area (Å²) < 4.78 is 15.6. The summed E-state index contributed by atoms with van der Waals surface area (Å²) in [6.45, 7) is 3.96. The zero-order valence-electron chi connectivity index (χ0n) is 11.2. The van der Waals surface area contributed by atoms with E-state index in [0.717, 1.165) is 6.07 Å². The number of benzene rings is 1. The number of halogens is 1. The number of amides is 1. The van der Waals surface area contributed by atoms with Crippen molar-refractivity contribution in [3.05, 3.63) is 35.9 Å². The molecule has 0 radical (unpaired) electrons. The zero-order chi connectivity index (χ0) is 14.9. The molecular formula is C13H16FN5O. The average molecular weight is 277 g/mol. The van der Waals surface area contributed by atoms with Gasteiger partial charge in [-0.1, -0.05) is 0 Å². The normalized spacial score (nSPS) is 10.8. The number of nitrogens with one attached hydrogen (secondary N) is 1. The van der Waals surface area contributed by atoms with Crippen LogP contribution in [0.4, 0.5) is 21.5 Å². The van der Waals surface area contributed by atoms with E-state index in [1.165, 1.54) is 6.07 Å². The van der Waals surface area contributed by atoms with E-state index in [1.54, 1.807) is 17.1 Å². The standard InChI is InChI=1S/C13H16FN5O/c1-7(2)19-6-8(5-17-19)18-12-3-9(13(16)20)11(15)4-10(12)14/h3-7,18H,15H2,1-2H3,(H2,16,20). The highest BCUT2D eigenvalue weighted by Gasteiger charge is 2.12. The molecule has 7 heteroatoms. The van der Waals surface area contributed by atoms with Gasteiger partial charge in [0.25, 0.3) is 5.91 Å². The lowest BCUT2D eigenvalue weighted by atomic mass is 10.1. The molecule has 0 saturated carbocycles. The fraction of sp³-hybridized carbons (Fsp3) is 0.231. The molecule has 106 valence electrons. The van der Waals surface area contributed by atoms with E-state index in [1.807, 2.05) is 13.8 Å². The van der Waals surface area contributed by atoms with Crippen molar-refractivity contribution in [1.29, 1.82) is 0 Å². The van der Waals surface area contributed by atoms with Crippen molar-refractivity contribution >= 4 is 23.0 Å². The number of anilines is 3. The van der Waals surface area contributed by atoms with E-state index in [2.05, 4.69) is 10.4 Å². The molecule has 1 amide bonds. The van der Waals surface area contributed by atoms with Crippen LogP contribution in [0.5, 0.6) is 0 Å². The third-order valence-electron chi connectivity index (χ3n) is 2.81. The van der Waals surface area contributed by atoms with E-state index in [-0.39, 0.29) is 23.0 Å². The zero-order valence-corrected chi connectivity index (χ0v) is 11.2. The Morgan fingerprint density at radius 3 is 2.70 bits per heavy atom. The molecule has 0 spiro atoms. The Morgan fingerprint density at radius 2 is 2.15 bits per heavy atom.